The number of rotatable bonds is 2. The van der Waals surface area contributed by atoms with E-state index in [0.717, 1.165) is 5.56 Å². The Labute approximate surface area is 83.6 Å². The Morgan fingerprint density at radius 2 is 1.79 bits per heavy atom. The maximum absolute atomic E-state index is 9.59. The topological polar surface area (TPSA) is 60.7 Å². The van der Waals surface area contributed by atoms with Crippen LogP contribution in [0.25, 0.3) is 0 Å². The molecule has 0 saturated carbocycles. The summed E-state index contributed by atoms with van der Waals surface area (Å²) in [6, 6.07) is 1.79. The van der Waals surface area contributed by atoms with Crippen LogP contribution in [0.1, 0.15) is 23.6 Å². The molecule has 14 heavy (non-hydrogen) atoms. The first kappa shape index (κ1) is 10.9. The van der Waals surface area contributed by atoms with E-state index in [4.69, 9.17) is 0 Å². The molecule has 1 rings (SSSR count). The molecule has 1 aromatic carbocycles. The van der Waals surface area contributed by atoms with Crippen molar-refractivity contribution < 1.29 is 15.3 Å². The zero-order valence-corrected chi connectivity index (χ0v) is 8.70. The molecule has 0 aliphatic carbocycles. The number of phenolic OH excluding ortho intramolecular Hbond substituents is 2. The second-order valence-corrected chi connectivity index (χ2v) is 3.73. The van der Waals surface area contributed by atoms with E-state index in [1.54, 1.807) is 19.9 Å². The standard InChI is InChI=1S/C11H16O3/c1-6-4-9(5-7(2)12)11(14)10(13)8(6)3/h4,7,12-14H,5H2,1-3H3. The number of aryl methyl sites for hydroxylation is 1. The highest BCUT2D eigenvalue weighted by Gasteiger charge is 2.13. The van der Waals surface area contributed by atoms with Crippen molar-refractivity contribution in [3.05, 3.63) is 22.8 Å². The molecule has 78 valence electrons. The molecule has 3 nitrogen and oxygen atoms in total. The van der Waals surface area contributed by atoms with E-state index in [-0.39, 0.29) is 11.5 Å². The Balaban J connectivity index is 3.19. The van der Waals surface area contributed by atoms with Crippen LogP contribution in [0.2, 0.25) is 0 Å². The van der Waals surface area contributed by atoms with Crippen molar-refractivity contribution in [3.8, 4) is 11.5 Å². The molecular weight excluding hydrogens is 180 g/mol. The number of aliphatic hydroxyl groups excluding tert-OH is 1. The van der Waals surface area contributed by atoms with Crippen LogP contribution < -0.4 is 0 Å². The molecule has 0 radical (unpaired) electrons. The molecule has 0 fully saturated rings. The van der Waals surface area contributed by atoms with Crippen LogP contribution in [-0.2, 0) is 6.42 Å². The van der Waals surface area contributed by atoms with Crippen LogP contribution in [-0.4, -0.2) is 21.4 Å². The normalized spacial score (nSPS) is 12.9. The van der Waals surface area contributed by atoms with Crippen molar-refractivity contribution in [2.24, 2.45) is 0 Å². The highest BCUT2D eigenvalue weighted by atomic mass is 16.3. The van der Waals surface area contributed by atoms with Gasteiger partial charge in [0.05, 0.1) is 6.10 Å². The number of aliphatic hydroxyl groups is 1. The summed E-state index contributed by atoms with van der Waals surface area (Å²) in [6.07, 6.45) is -0.178. The van der Waals surface area contributed by atoms with Crippen molar-refractivity contribution >= 4 is 0 Å². The molecule has 0 aromatic heterocycles. The molecule has 0 saturated heterocycles. The van der Waals surface area contributed by atoms with Crippen LogP contribution in [0.3, 0.4) is 0 Å². The molecule has 3 heteroatoms. The molecule has 0 bridgehead atoms. The molecule has 0 aliphatic rings. The van der Waals surface area contributed by atoms with E-state index < -0.39 is 6.10 Å². The second kappa shape index (κ2) is 3.88. The predicted molar refractivity (Wildman–Crippen MR) is 54.6 cm³/mol. The van der Waals surface area contributed by atoms with E-state index in [2.05, 4.69) is 0 Å². The van der Waals surface area contributed by atoms with Gasteiger partial charge >= 0.3 is 0 Å². The van der Waals surface area contributed by atoms with E-state index in [1.165, 1.54) is 0 Å². The van der Waals surface area contributed by atoms with Crippen LogP contribution >= 0.6 is 0 Å². The van der Waals surface area contributed by atoms with Crippen molar-refractivity contribution in [3.63, 3.8) is 0 Å². The highest BCUT2D eigenvalue weighted by molar-refractivity contribution is 5.53. The largest absolute Gasteiger partial charge is 0.504 e. The highest BCUT2D eigenvalue weighted by Crippen LogP contribution is 2.35. The van der Waals surface area contributed by atoms with Gasteiger partial charge in [-0.2, -0.15) is 0 Å². The summed E-state index contributed by atoms with van der Waals surface area (Å²) in [5, 5.41) is 28.3. The summed E-state index contributed by atoms with van der Waals surface area (Å²) in [7, 11) is 0. The lowest BCUT2D eigenvalue weighted by atomic mass is 10.00. The summed E-state index contributed by atoms with van der Waals surface area (Å²) in [5.41, 5.74) is 2.17. The fourth-order valence-corrected chi connectivity index (χ4v) is 1.43. The fraction of sp³-hybridized carbons (Fsp3) is 0.455. The monoisotopic (exact) mass is 196 g/mol. The number of aromatic hydroxyl groups is 2. The molecule has 0 amide bonds. The minimum Gasteiger partial charge on any atom is -0.504 e. The minimum absolute atomic E-state index is 0.0827. The first-order chi connectivity index (χ1) is 6.43. The Bertz CT molecular complexity index is 343. The number of phenols is 2. The summed E-state index contributed by atoms with van der Waals surface area (Å²) < 4.78 is 0. The number of benzene rings is 1. The van der Waals surface area contributed by atoms with Gasteiger partial charge in [0, 0.05) is 12.0 Å². The zero-order valence-electron chi connectivity index (χ0n) is 8.70. The SMILES string of the molecule is Cc1cc(CC(C)O)c(O)c(O)c1C. The average Bonchev–Trinajstić information content (AvgIpc) is 2.10. The predicted octanol–water partition coefficient (Wildman–Crippen LogP) is 1.64. The van der Waals surface area contributed by atoms with Crippen LogP contribution in [0.4, 0.5) is 0 Å². The fourth-order valence-electron chi connectivity index (χ4n) is 1.43. The van der Waals surface area contributed by atoms with Gasteiger partial charge in [-0.25, -0.2) is 0 Å². The molecular formula is C11H16O3. The van der Waals surface area contributed by atoms with Crippen molar-refractivity contribution in [1.29, 1.82) is 0 Å². The van der Waals surface area contributed by atoms with Gasteiger partial charge in [0.25, 0.3) is 0 Å². The smallest absolute Gasteiger partial charge is 0.161 e. The summed E-state index contributed by atoms with van der Waals surface area (Å²) in [5.74, 6) is -0.199. The van der Waals surface area contributed by atoms with Gasteiger partial charge in [-0.15, -0.1) is 0 Å². The molecule has 1 unspecified atom stereocenters. The van der Waals surface area contributed by atoms with Crippen molar-refractivity contribution in [2.45, 2.75) is 33.3 Å². The van der Waals surface area contributed by atoms with Crippen LogP contribution in [0, 0.1) is 13.8 Å². The summed E-state index contributed by atoms with van der Waals surface area (Å²) >= 11 is 0. The van der Waals surface area contributed by atoms with E-state index in [9.17, 15) is 15.3 Å². The van der Waals surface area contributed by atoms with E-state index >= 15 is 0 Å². The molecule has 0 aliphatic heterocycles. The lowest BCUT2D eigenvalue weighted by Gasteiger charge is -2.12. The summed E-state index contributed by atoms with van der Waals surface area (Å²) in [4.78, 5) is 0. The Morgan fingerprint density at radius 1 is 1.21 bits per heavy atom. The maximum Gasteiger partial charge on any atom is 0.161 e. The Hall–Kier alpha value is -1.22. The number of hydrogen-bond donors (Lipinski definition) is 3. The molecule has 0 spiro atoms. The van der Waals surface area contributed by atoms with Crippen LogP contribution in [0.15, 0.2) is 6.07 Å². The van der Waals surface area contributed by atoms with Gasteiger partial charge in [-0.05, 0) is 31.9 Å². The first-order valence-electron chi connectivity index (χ1n) is 4.62. The third-order valence-corrected chi connectivity index (χ3v) is 2.38. The Morgan fingerprint density at radius 3 is 2.29 bits per heavy atom. The third kappa shape index (κ3) is 1.99. The Kier molecular flexibility index (Phi) is 3.01. The van der Waals surface area contributed by atoms with Gasteiger partial charge in [0.15, 0.2) is 11.5 Å². The zero-order chi connectivity index (χ0) is 10.9. The van der Waals surface area contributed by atoms with Gasteiger partial charge in [0.1, 0.15) is 0 Å². The maximum atomic E-state index is 9.59. The lowest BCUT2D eigenvalue weighted by molar-refractivity contribution is 0.194. The van der Waals surface area contributed by atoms with Crippen LogP contribution in [0.5, 0.6) is 11.5 Å². The van der Waals surface area contributed by atoms with Crippen molar-refractivity contribution in [2.75, 3.05) is 0 Å². The quantitative estimate of drug-likeness (QED) is 0.630. The molecule has 3 N–H and O–H groups in total. The minimum atomic E-state index is -0.526. The van der Waals surface area contributed by atoms with Gasteiger partial charge in [0.2, 0.25) is 0 Å². The van der Waals surface area contributed by atoms with E-state index in [0.29, 0.717) is 17.5 Å². The van der Waals surface area contributed by atoms with Gasteiger partial charge < -0.3 is 15.3 Å². The average molecular weight is 196 g/mol. The van der Waals surface area contributed by atoms with Gasteiger partial charge in [-0.3, -0.25) is 0 Å². The van der Waals surface area contributed by atoms with Crippen molar-refractivity contribution in [1.82, 2.24) is 0 Å². The second-order valence-electron chi connectivity index (χ2n) is 3.73. The lowest BCUT2D eigenvalue weighted by Crippen LogP contribution is -2.05. The molecule has 1 atom stereocenters. The number of hydrogen-bond acceptors (Lipinski definition) is 3. The van der Waals surface area contributed by atoms with E-state index in [1.807, 2.05) is 6.92 Å². The summed E-state index contributed by atoms with van der Waals surface area (Å²) in [6.45, 7) is 5.25. The first-order valence-corrected chi connectivity index (χ1v) is 4.62. The van der Waals surface area contributed by atoms with Gasteiger partial charge in [-0.1, -0.05) is 6.07 Å². The molecule has 0 heterocycles. The molecule has 1 aromatic rings. The third-order valence-electron chi connectivity index (χ3n) is 2.38.